The van der Waals surface area contributed by atoms with Crippen molar-refractivity contribution in [2.75, 3.05) is 6.61 Å². The van der Waals surface area contributed by atoms with E-state index in [0.717, 1.165) is 12.8 Å². The van der Waals surface area contributed by atoms with E-state index in [4.69, 9.17) is 21.1 Å². The molecule has 0 heterocycles. The van der Waals surface area contributed by atoms with Crippen LogP contribution in [0.3, 0.4) is 0 Å². The SMILES string of the molecule is CCCCCCCCCCCCOC(=O)C(C)(C)Oc1ccc(Cl)cc1. The lowest BCUT2D eigenvalue weighted by atomic mass is 10.1. The van der Waals surface area contributed by atoms with Gasteiger partial charge in [0.1, 0.15) is 5.75 Å². The van der Waals surface area contributed by atoms with E-state index in [-0.39, 0.29) is 5.97 Å². The number of unbranched alkanes of at least 4 members (excludes halogenated alkanes) is 9. The molecule has 0 unspecified atom stereocenters. The molecule has 148 valence electrons. The Morgan fingerprint density at radius 1 is 0.885 bits per heavy atom. The number of halogens is 1. The van der Waals surface area contributed by atoms with Crippen LogP contribution in [0, 0.1) is 0 Å². The Hall–Kier alpha value is -1.22. The third-order valence-corrected chi connectivity index (χ3v) is 4.66. The molecule has 0 radical (unpaired) electrons. The second kappa shape index (κ2) is 13.0. The van der Waals surface area contributed by atoms with Gasteiger partial charge in [0.2, 0.25) is 0 Å². The summed E-state index contributed by atoms with van der Waals surface area (Å²) in [4.78, 5) is 12.2. The van der Waals surface area contributed by atoms with E-state index in [1.54, 1.807) is 38.1 Å². The summed E-state index contributed by atoms with van der Waals surface area (Å²) in [6.07, 6.45) is 12.6. The summed E-state index contributed by atoms with van der Waals surface area (Å²) in [6, 6.07) is 6.98. The van der Waals surface area contributed by atoms with Crippen LogP contribution in [0.4, 0.5) is 0 Å². The van der Waals surface area contributed by atoms with Crippen LogP contribution in [-0.4, -0.2) is 18.2 Å². The maximum Gasteiger partial charge on any atom is 0.349 e. The van der Waals surface area contributed by atoms with Crippen molar-refractivity contribution < 1.29 is 14.3 Å². The lowest BCUT2D eigenvalue weighted by Gasteiger charge is -2.24. The average Bonchev–Trinajstić information content (AvgIpc) is 2.61. The largest absolute Gasteiger partial charge is 0.476 e. The first-order valence-corrected chi connectivity index (χ1v) is 10.5. The molecular formula is C22H35ClO3. The minimum atomic E-state index is -1.01. The van der Waals surface area contributed by atoms with Gasteiger partial charge in [-0.2, -0.15) is 0 Å². The quantitative estimate of drug-likeness (QED) is 0.257. The van der Waals surface area contributed by atoms with Gasteiger partial charge in [-0.25, -0.2) is 4.79 Å². The number of carbonyl (C=O) groups is 1. The zero-order valence-corrected chi connectivity index (χ0v) is 17.4. The summed E-state index contributed by atoms with van der Waals surface area (Å²) in [5, 5.41) is 0.638. The molecule has 1 aromatic rings. The molecule has 0 N–H and O–H groups in total. The molecular weight excluding hydrogens is 348 g/mol. The van der Waals surface area contributed by atoms with Gasteiger partial charge in [-0.1, -0.05) is 76.3 Å². The molecule has 0 aliphatic heterocycles. The van der Waals surface area contributed by atoms with Crippen molar-refractivity contribution in [3.05, 3.63) is 29.3 Å². The van der Waals surface area contributed by atoms with Crippen LogP contribution in [0.25, 0.3) is 0 Å². The minimum Gasteiger partial charge on any atom is -0.476 e. The van der Waals surface area contributed by atoms with Crippen molar-refractivity contribution in [2.24, 2.45) is 0 Å². The molecule has 0 aliphatic carbocycles. The maximum atomic E-state index is 12.2. The van der Waals surface area contributed by atoms with Crippen LogP contribution in [0.15, 0.2) is 24.3 Å². The van der Waals surface area contributed by atoms with Gasteiger partial charge in [0.25, 0.3) is 0 Å². The monoisotopic (exact) mass is 382 g/mol. The number of hydrogen-bond acceptors (Lipinski definition) is 3. The molecule has 0 atom stereocenters. The van der Waals surface area contributed by atoms with Crippen molar-refractivity contribution in [1.82, 2.24) is 0 Å². The molecule has 1 rings (SSSR count). The summed E-state index contributed by atoms with van der Waals surface area (Å²) >= 11 is 5.86. The van der Waals surface area contributed by atoms with E-state index in [0.29, 0.717) is 17.4 Å². The van der Waals surface area contributed by atoms with Gasteiger partial charge in [0, 0.05) is 5.02 Å². The van der Waals surface area contributed by atoms with Gasteiger partial charge in [0.05, 0.1) is 6.61 Å². The zero-order chi connectivity index (χ0) is 19.3. The molecule has 0 spiro atoms. The second-order valence-electron chi connectivity index (χ2n) is 7.38. The van der Waals surface area contributed by atoms with E-state index < -0.39 is 5.60 Å². The lowest BCUT2D eigenvalue weighted by Crippen LogP contribution is -2.39. The van der Waals surface area contributed by atoms with Gasteiger partial charge in [-0.05, 0) is 44.5 Å². The molecule has 0 amide bonds. The average molecular weight is 383 g/mol. The van der Waals surface area contributed by atoms with Gasteiger partial charge in [-0.3, -0.25) is 0 Å². The first-order chi connectivity index (χ1) is 12.5. The first kappa shape index (κ1) is 22.8. The van der Waals surface area contributed by atoms with E-state index in [2.05, 4.69) is 6.92 Å². The van der Waals surface area contributed by atoms with Crippen LogP contribution in [0.2, 0.25) is 5.02 Å². The highest BCUT2D eigenvalue weighted by Gasteiger charge is 2.31. The van der Waals surface area contributed by atoms with Crippen LogP contribution < -0.4 is 4.74 Å². The first-order valence-electron chi connectivity index (χ1n) is 10.1. The number of hydrogen-bond donors (Lipinski definition) is 0. The highest BCUT2D eigenvalue weighted by Crippen LogP contribution is 2.22. The molecule has 26 heavy (non-hydrogen) atoms. The fourth-order valence-electron chi connectivity index (χ4n) is 2.77. The fraction of sp³-hybridized carbons (Fsp3) is 0.682. The standard InChI is InChI=1S/C22H35ClO3/c1-4-5-6-7-8-9-10-11-12-13-18-25-21(24)22(2,3)26-20-16-14-19(23)15-17-20/h14-17H,4-13,18H2,1-3H3. The van der Waals surface area contributed by atoms with E-state index in [9.17, 15) is 4.79 Å². The number of esters is 1. The van der Waals surface area contributed by atoms with Crippen molar-refractivity contribution in [2.45, 2.75) is 90.6 Å². The summed E-state index contributed by atoms with van der Waals surface area (Å²) in [6.45, 7) is 6.16. The molecule has 0 fully saturated rings. The topological polar surface area (TPSA) is 35.5 Å². The molecule has 0 saturated heterocycles. The van der Waals surface area contributed by atoms with Crippen LogP contribution in [0.5, 0.6) is 5.75 Å². The summed E-state index contributed by atoms with van der Waals surface area (Å²) in [5.74, 6) is 0.277. The van der Waals surface area contributed by atoms with Crippen LogP contribution in [0.1, 0.15) is 85.0 Å². The van der Waals surface area contributed by atoms with E-state index in [1.807, 2.05) is 0 Å². The van der Waals surface area contributed by atoms with Gasteiger partial charge in [0.15, 0.2) is 5.60 Å². The number of rotatable bonds is 14. The molecule has 0 bridgehead atoms. The van der Waals surface area contributed by atoms with Crippen molar-refractivity contribution in [3.63, 3.8) is 0 Å². The highest BCUT2D eigenvalue weighted by molar-refractivity contribution is 6.30. The number of carbonyl (C=O) groups excluding carboxylic acids is 1. The van der Waals surface area contributed by atoms with Crippen molar-refractivity contribution in [3.8, 4) is 5.75 Å². The van der Waals surface area contributed by atoms with Gasteiger partial charge in [-0.15, -0.1) is 0 Å². The summed E-state index contributed by atoms with van der Waals surface area (Å²) < 4.78 is 11.1. The predicted octanol–water partition coefficient (Wildman–Crippen LogP) is 6.96. The third kappa shape index (κ3) is 10.1. The highest BCUT2D eigenvalue weighted by atomic mass is 35.5. The Labute approximate surface area is 164 Å². The molecule has 0 saturated carbocycles. The Kier molecular flexibility index (Phi) is 11.4. The van der Waals surface area contributed by atoms with Crippen LogP contribution >= 0.6 is 11.6 Å². The van der Waals surface area contributed by atoms with E-state index in [1.165, 1.54) is 51.4 Å². The molecule has 1 aromatic carbocycles. The van der Waals surface area contributed by atoms with Crippen LogP contribution in [-0.2, 0) is 9.53 Å². The van der Waals surface area contributed by atoms with Crippen molar-refractivity contribution in [1.29, 1.82) is 0 Å². The second-order valence-corrected chi connectivity index (χ2v) is 7.82. The normalized spacial score (nSPS) is 11.4. The fourth-order valence-corrected chi connectivity index (χ4v) is 2.89. The molecule has 4 heteroatoms. The third-order valence-electron chi connectivity index (χ3n) is 4.41. The van der Waals surface area contributed by atoms with Gasteiger partial charge < -0.3 is 9.47 Å². The molecule has 0 aromatic heterocycles. The maximum absolute atomic E-state index is 12.2. The number of ether oxygens (including phenoxy) is 2. The Morgan fingerprint density at radius 2 is 1.38 bits per heavy atom. The summed E-state index contributed by atoms with van der Waals surface area (Å²) in [7, 11) is 0. The van der Waals surface area contributed by atoms with E-state index >= 15 is 0 Å². The Morgan fingerprint density at radius 3 is 1.92 bits per heavy atom. The molecule has 0 aliphatic rings. The smallest absolute Gasteiger partial charge is 0.349 e. The zero-order valence-electron chi connectivity index (χ0n) is 16.7. The molecule has 3 nitrogen and oxygen atoms in total. The Bertz CT molecular complexity index is 497. The predicted molar refractivity (Wildman–Crippen MR) is 109 cm³/mol. The minimum absolute atomic E-state index is 0.330. The summed E-state index contributed by atoms with van der Waals surface area (Å²) in [5.41, 5.74) is -1.01. The van der Waals surface area contributed by atoms with Gasteiger partial charge >= 0.3 is 5.97 Å². The number of benzene rings is 1. The Balaban J connectivity index is 2.09. The van der Waals surface area contributed by atoms with Crippen molar-refractivity contribution >= 4 is 17.6 Å². The lowest BCUT2D eigenvalue weighted by molar-refractivity contribution is -0.159.